The van der Waals surface area contributed by atoms with Gasteiger partial charge in [-0.3, -0.25) is 4.68 Å². The summed E-state index contributed by atoms with van der Waals surface area (Å²) in [5, 5.41) is 24.4. The Balaban J connectivity index is 1.01. The highest BCUT2D eigenvalue weighted by Crippen LogP contribution is 2.54. The van der Waals surface area contributed by atoms with E-state index in [9.17, 15) is 0 Å². The molecule has 0 atom stereocenters. The van der Waals surface area contributed by atoms with Crippen LogP contribution in [0, 0.1) is 0 Å². The van der Waals surface area contributed by atoms with Crippen molar-refractivity contribution in [3.05, 3.63) is 317 Å². The van der Waals surface area contributed by atoms with Crippen molar-refractivity contribution in [3.63, 3.8) is 0 Å². The van der Waals surface area contributed by atoms with E-state index in [4.69, 9.17) is 24.8 Å². The van der Waals surface area contributed by atoms with Crippen LogP contribution in [0.5, 0.6) is 5.75 Å². The van der Waals surface area contributed by atoms with Crippen LogP contribution in [-0.2, 0) is 23.0 Å². The van der Waals surface area contributed by atoms with Crippen molar-refractivity contribution in [1.82, 2.24) is 35.1 Å². The Morgan fingerprint density at radius 1 is 0.562 bits per heavy atom. The van der Waals surface area contributed by atoms with Gasteiger partial charge in [-0.2, -0.15) is 5.10 Å². The van der Waals surface area contributed by atoms with E-state index in [2.05, 4.69) is 316 Å². The Morgan fingerprint density at radius 2 is 1.03 bits per heavy atom. The van der Waals surface area contributed by atoms with Crippen molar-refractivity contribution in [2.45, 2.75) is 125 Å². The highest BCUT2D eigenvalue weighted by atomic mass is 28.4. The van der Waals surface area contributed by atoms with Gasteiger partial charge in [-0.15, -0.1) is 5.10 Å². The predicted octanol–water partition coefficient (Wildman–Crippen LogP) is 17.9. The molecule has 0 saturated heterocycles. The first kappa shape index (κ1) is 59.0. The van der Waals surface area contributed by atoms with Gasteiger partial charge in [0.05, 0.1) is 12.7 Å². The van der Waals surface area contributed by atoms with Gasteiger partial charge >= 0.3 is 0 Å². The molecular weight excluding hydrogens is 1110 g/mol. The van der Waals surface area contributed by atoms with Gasteiger partial charge in [0.1, 0.15) is 28.2 Å². The van der Waals surface area contributed by atoms with Crippen LogP contribution in [-0.4, -0.2) is 50.2 Å². The summed E-state index contributed by atoms with van der Waals surface area (Å²) < 4.78 is 11.4. The molecule has 3 aromatic heterocycles. The van der Waals surface area contributed by atoms with Gasteiger partial charge in [0.2, 0.25) is 0 Å². The number of hydrogen-bond acceptors (Lipinski definition) is 7. The van der Waals surface area contributed by atoms with Crippen molar-refractivity contribution >= 4 is 30.9 Å². The topological polar surface area (TPSA) is 94.7 Å². The Hall–Kier alpha value is -8.96. The molecule has 11 aromatic rings. The lowest BCUT2D eigenvalue weighted by Crippen LogP contribution is -2.56. The number of fused-ring (bicyclic) bond motifs is 4. The number of benzene rings is 8. The molecule has 0 amide bonds. The van der Waals surface area contributed by atoms with Crippen LogP contribution >= 0.6 is 0 Å². The molecule has 3 heterocycles. The van der Waals surface area contributed by atoms with Crippen LogP contribution in [0.15, 0.2) is 261 Å². The molecule has 0 radical (unpaired) electrons. The zero-order valence-electron chi connectivity index (χ0n) is 52.3. The first-order valence-corrected chi connectivity index (χ1v) is 34.3. The summed E-state index contributed by atoms with van der Waals surface area (Å²) in [5.74, 6) is 1.59. The Bertz CT molecular complexity index is 3930. The number of anilines is 1. The number of nitrogens with one attached hydrogen (secondary N) is 2. The molecule has 448 valence electrons. The zero-order valence-corrected chi connectivity index (χ0v) is 53.3. The normalized spacial score (nSPS) is 17.2. The fraction of sp³-hybridized carbons (Fsp3) is 0.266. The van der Waals surface area contributed by atoms with Crippen LogP contribution in [0.2, 0.25) is 16.6 Å². The van der Waals surface area contributed by atoms with E-state index in [0.717, 1.165) is 80.7 Å². The highest BCUT2D eigenvalue weighted by molar-refractivity contribution is 6.78. The van der Waals surface area contributed by atoms with E-state index in [1.54, 1.807) is 0 Å². The summed E-state index contributed by atoms with van der Waals surface area (Å²) in [5.41, 5.74) is 12.7. The fourth-order valence-electron chi connectivity index (χ4n) is 15.7. The van der Waals surface area contributed by atoms with Crippen LogP contribution in [0.25, 0.3) is 16.7 Å². The second-order valence-electron chi connectivity index (χ2n) is 25.9. The lowest BCUT2D eigenvalue weighted by Gasteiger charge is -2.54. The summed E-state index contributed by atoms with van der Waals surface area (Å²) in [7, 11) is -2.21. The quantitative estimate of drug-likeness (QED) is 0.0516. The predicted molar refractivity (Wildman–Crippen MR) is 366 cm³/mol. The molecule has 3 saturated carbocycles. The third kappa shape index (κ3) is 10.9. The van der Waals surface area contributed by atoms with Crippen molar-refractivity contribution in [2.75, 3.05) is 11.9 Å². The minimum Gasteiger partial charge on any atom is -0.543 e. The molecule has 0 aliphatic heterocycles. The van der Waals surface area contributed by atoms with Gasteiger partial charge < -0.3 is 15.1 Å². The minimum absolute atomic E-state index is 0.0291. The summed E-state index contributed by atoms with van der Waals surface area (Å²) in [6, 6.07) is 86.6. The van der Waals surface area contributed by atoms with Crippen LogP contribution in [0.1, 0.15) is 136 Å². The van der Waals surface area contributed by atoms with E-state index >= 15 is 0 Å². The lowest BCUT2D eigenvalue weighted by atomic mass is 9.55. The molecule has 14 rings (SSSR count). The Morgan fingerprint density at radius 3 is 1.52 bits per heavy atom. The molecule has 3 fully saturated rings. The molecular formula is C79H82N8OSi. The van der Waals surface area contributed by atoms with Crippen LogP contribution in [0.3, 0.4) is 0 Å². The van der Waals surface area contributed by atoms with Crippen LogP contribution in [0.4, 0.5) is 5.82 Å². The fourth-order valence-corrected chi connectivity index (χ4v) is 21.0. The van der Waals surface area contributed by atoms with Crippen molar-refractivity contribution in [2.24, 2.45) is 0 Å². The standard InChI is InChI=1S/C79H82N8OSi/c1-58(2)89(59(3)4,60(5)6)88-70-44-28-29-61(53-70)56-86-57-62(55-81-86)71(45-52-80-77-49-46-76(47-50-77,48-51-77)63-30-14-7-15-31-63)72-54-73(83-78(64-32-16-8-17-33-64,65-34-18-9-19-35-65)66-36-20-10-21-37-66)82-75-74(72)84-85-87(75)79(67-38-22-11-23-39-67,68-40-24-12-25-41-68)69-42-26-13-27-43-69/h7-45,53-55,57-60,80H,46-52,56H2,1-6H3,(H,82,83)/b71-45+. The maximum atomic E-state index is 7.26. The highest BCUT2D eigenvalue weighted by Gasteiger charge is 2.50. The molecule has 10 heteroatoms. The molecule has 0 unspecified atom stereocenters. The number of aromatic nitrogens is 6. The maximum Gasteiger partial charge on any atom is 0.258 e. The third-order valence-corrected chi connectivity index (χ3v) is 26.1. The van der Waals surface area contributed by atoms with Crippen LogP contribution < -0.4 is 15.1 Å². The van der Waals surface area contributed by atoms with Gasteiger partial charge in [0.25, 0.3) is 8.32 Å². The smallest absolute Gasteiger partial charge is 0.258 e. The largest absolute Gasteiger partial charge is 0.543 e. The first-order valence-electron chi connectivity index (χ1n) is 32.2. The minimum atomic E-state index is -2.21. The Kier molecular flexibility index (Phi) is 16.5. The molecule has 8 aromatic carbocycles. The Labute approximate surface area is 527 Å². The van der Waals surface area contributed by atoms with Gasteiger partial charge in [-0.25, -0.2) is 9.67 Å². The van der Waals surface area contributed by atoms with E-state index in [0.29, 0.717) is 46.7 Å². The van der Waals surface area contributed by atoms with Gasteiger partial charge in [-0.05, 0) is 129 Å². The molecule has 3 aliphatic rings. The average Bonchev–Trinajstić information content (AvgIpc) is 1.71. The van der Waals surface area contributed by atoms with E-state index < -0.39 is 19.4 Å². The van der Waals surface area contributed by atoms with E-state index in [-0.39, 0.29) is 11.0 Å². The molecule has 89 heavy (non-hydrogen) atoms. The SMILES string of the molecule is CC(C)[Si](Oc1cccc(Cn2cc(/C(=C\CNC34CCC(c5ccccc5)(CC3)CC4)c3cc(NC(c4ccccc4)(c4ccccc4)c4ccccc4)nc4c3nnn4C(c3ccccc3)(c3ccccc3)c3ccccc3)cn2)c1)(C(C)C)C(C)C. The second-order valence-corrected chi connectivity index (χ2v) is 31.3. The number of pyridine rings is 1. The van der Waals surface area contributed by atoms with Crippen molar-refractivity contribution in [1.29, 1.82) is 0 Å². The number of nitrogens with zero attached hydrogens (tertiary/aromatic N) is 6. The van der Waals surface area contributed by atoms with Gasteiger partial charge in [0.15, 0.2) is 5.65 Å². The molecule has 2 N–H and O–H groups in total. The second kappa shape index (κ2) is 24.9. The van der Waals surface area contributed by atoms with E-state index in [1.807, 2.05) is 6.20 Å². The maximum absolute atomic E-state index is 7.26. The molecule has 0 spiro atoms. The summed E-state index contributed by atoms with van der Waals surface area (Å²) in [4.78, 5) is 5.87. The molecule has 9 nitrogen and oxygen atoms in total. The lowest BCUT2D eigenvalue weighted by molar-refractivity contribution is 0.0802. The first-order chi connectivity index (χ1) is 43.5. The third-order valence-electron chi connectivity index (χ3n) is 20.1. The summed E-state index contributed by atoms with van der Waals surface area (Å²) >= 11 is 0. The zero-order chi connectivity index (χ0) is 61.1. The summed E-state index contributed by atoms with van der Waals surface area (Å²) in [6.45, 7) is 15.3. The van der Waals surface area contributed by atoms with Gasteiger partial charge in [-0.1, -0.05) is 277 Å². The number of hydrogen-bond donors (Lipinski definition) is 2. The molecule has 3 aliphatic carbocycles. The monoisotopic (exact) mass is 1190 g/mol. The summed E-state index contributed by atoms with van der Waals surface area (Å²) in [6.07, 6.45) is 13.5. The van der Waals surface area contributed by atoms with E-state index in [1.165, 1.54) is 24.8 Å². The number of rotatable bonds is 22. The van der Waals surface area contributed by atoms with Gasteiger partial charge in [0, 0.05) is 29.4 Å². The molecule has 2 bridgehead atoms. The van der Waals surface area contributed by atoms with Crippen molar-refractivity contribution in [3.8, 4) is 5.75 Å². The van der Waals surface area contributed by atoms with Crippen molar-refractivity contribution < 1.29 is 4.43 Å². The average molecular weight is 1190 g/mol.